The highest BCUT2D eigenvalue weighted by Crippen LogP contribution is 2.31. The van der Waals surface area contributed by atoms with Crippen LogP contribution in [0.15, 0.2) is 40.8 Å². The number of thiocarbonyl (C=S) groups is 1. The molecule has 0 saturated heterocycles. The lowest BCUT2D eigenvalue weighted by Gasteiger charge is -2.11. The molecule has 2 N–H and O–H groups in total. The second-order valence-electron chi connectivity index (χ2n) is 7.36. The number of benzene rings is 2. The molecule has 1 atom stereocenters. The van der Waals surface area contributed by atoms with Gasteiger partial charge in [-0.2, -0.15) is 0 Å². The molecule has 1 aromatic heterocycles. The van der Waals surface area contributed by atoms with Crippen molar-refractivity contribution < 1.29 is 9.21 Å². The molecule has 1 amide bonds. The van der Waals surface area contributed by atoms with E-state index in [0.29, 0.717) is 28.9 Å². The Balaban J connectivity index is 1.80. The van der Waals surface area contributed by atoms with Crippen molar-refractivity contribution in [1.29, 1.82) is 0 Å². The summed E-state index contributed by atoms with van der Waals surface area (Å²) in [5, 5.41) is 6.37. The van der Waals surface area contributed by atoms with E-state index in [2.05, 4.69) is 41.6 Å². The van der Waals surface area contributed by atoms with Crippen molar-refractivity contribution in [2.75, 3.05) is 5.32 Å². The fraction of sp³-hybridized carbons (Fsp3) is 0.348. The van der Waals surface area contributed by atoms with Gasteiger partial charge >= 0.3 is 0 Å². The minimum Gasteiger partial charge on any atom is -0.436 e. The van der Waals surface area contributed by atoms with E-state index in [9.17, 15) is 4.79 Å². The predicted molar refractivity (Wildman–Crippen MR) is 127 cm³/mol. The topological polar surface area (TPSA) is 67.2 Å². The van der Waals surface area contributed by atoms with Gasteiger partial charge in [0.05, 0.1) is 10.7 Å². The van der Waals surface area contributed by atoms with Crippen molar-refractivity contribution in [3.8, 4) is 11.5 Å². The molecule has 0 unspecified atom stereocenters. The van der Waals surface area contributed by atoms with E-state index in [1.165, 1.54) is 5.56 Å². The summed E-state index contributed by atoms with van der Waals surface area (Å²) in [6.07, 6.45) is 3.27. The summed E-state index contributed by atoms with van der Waals surface area (Å²) < 4.78 is 5.95. The Labute approximate surface area is 187 Å². The number of carbonyl (C=O) groups is 1. The number of rotatable bonds is 7. The molecule has 0 fully saturated rings. The number of fused-ring (bicyclic) bond motifs is 1. The smallest absolute Gasteiger partial charge is 0.227 e. The standard InChI is InChI=1S/C23H26ClN3O2S/c1-4-6-7-21(28)27-23(30)26-18-13-16(8-10-17(18)24)22-25-19-12-15(14(3)5-2)9-11-20(19)29-22/h8-14H,4-7H2,1-3H3,(H2,26,27,28,30)/t14-/m0/s1. The van der Waals surface area contributed by atoms with Crippen LogP contribution >= 0.6 is 23.8 Å². The Morgan fingerprint density at radius 1 is 1.23 bits per heavy atom. The molecule has 0 saturated carbocycles. The molecule has 0 radical (unpaired) electrons. The molecule has 1 heterocycles. The molecule has 158 valence electrons. The predicted octanol–water partition coefficient (Wildman–Crippen LogP) is 6.66. The van der Waals surface area contributed by atoms with Crippen LogP contribution in [0.3, 0.4) is 0 Å². The van der Waals surface area contributed by atoms with E-state index in [1.54, 1.807) is 6.07 Å². The number of unbranched alkanes of at least 4 members (excludes halogenated alkanes) is 1. The zero-order valence-electron chi connectivity index (χ0n) is 17.4. The quantitative estimate of drug-likeness (QED) is 0.399. The number of anilines is 1. The number of aromatic nitrogens is 1. The molecule has 3 rings (SSSR count). The summed E-state index contributed by atoms with van der Waals surface area (Å²) in [6.45, 7) is 6.40. The molecule has 3 aromatic rings. The second-order valence-corrected chi connectivity index (χ2v) is 8.17. The van der Waals surface area contributed by atoms with Crippen LogP contribution in [-0.4, -0.2) is 16.0 Å². The van der Waals surface area contributed by atoms with Gasteiger partial charge in [-0.15, -0.1) is 0 Å². The molecule has 0 spiro atoms. The summed E-state index contributed by atoms with van der Waals surface area (Å²) in [4.78, 5) is 16.5. The van der Waals surface area contributed by atoms with Crippen molar-refractivity contribution in [2.45, 2.75) is 52.4 Å². The second kappa shape index (κ2) is 10.0. The van der Waals surface area contributed by atoms with Crippen LogP contribution in [-0.2, 0) is 4.79 Å². The van der Waals surface area contributed by atoms with Crippen molar-refractivity contribution in [3.05, 3.63) is 47.0 Å². The largest absolute Gasteiger partial charge is 0.436 e. The minimum absolute atomic E-state index is 0.113. The van der Waals surface area contributed by atoms with Crippen molar-refractivity contribution in [3.63, 3.8) is 0 Å². The van der Waals surface area contributed by atoms with E-state index < -0.39 is 0 Å². The van der Waals surface area contributed by atoms with Gasteiger partial charge in [-0.3, -0.25) is 4.79 Å². The van der Waals surface area contributed by atoms with Gasteiger partial charge in [-0.1, -0.05) is 44.9 Å². The molecule has 0 aliphatic rings. The zero-order chi connectivity index (χ0) is 21.7. The van der Waals surface area contributed by atoms with Gasteiger partial charge in [0.15, 0.2) is 10.7 Å². The zero-order valence-corrected chi connectivity index (χ0v) is 19.0. The molecule has 7 heteroatoms. The number of amides is 1. The molecule has 0 aliphatic carbocycles. The van der Waals surface area contributed by atoms with Gasteiger partial charge in [0, 0.05) is 12.0 Å². The lowest BCUT2D eigenvalue weighted by Crippen LogP contribution is -2.33. The Bertz CT molecular complexity index is 1060. The number of hydrogen-bond acceptors (Lipinski definition) is 4. The highest BCUT2D eigenvalue weighted by atomic mass is 35.5. The number of nitrogens with zero attached hydrogens (tertiary/aromatic N) is 1. The summed E-state index contributed by atoms with van der Waals surface area (Å²) in [7, 11) is 0. The summed E-state index contributed by atoms with van der Waals surface area (Å²) in [5.74, 6) is 0.857. The third kappa shape index (κ3) is 5.37. The maximum atomic E-state index is 11.9. The first kappa shape index (κ1) is 22.2. The number of halogens is 1. The maximum absolute atomic E-state index is 11.9. The number of nitrogens with one attached hydrogen (secondary N) is 2. The number of carbonyl (C=O) groups excluding carboxylic acids is 1. The van der Waals surface area contributed by atoms with Crippen molar-refractivity contribution >= 4 is 51.6 Å². The fourth-order valence-corrected chi connectivity index (χ4v) is 3.43. The summed E-state index contributed by atoms with van der Waals surface area (Å²) >= 11 is 11.6. The average molecular weight is 444 g/mol. The van der Waals surface area contributed by atoms with E-state index in [4.69, 9.17) is 28.2 Å². The molecular formula is C23H26ClN3O2S. The average Bonchev–Trinajstić information content (AvgIpc) is 3.16. The van der Waals surface area contributed by atoms with Crippen LogP contribution in [0, 0.1) is 0 Å². The van der Waals surface area contributed by atoms with Gasteiger partial charge in [0.2, 0.25) is 11.8 Å². The molecule has 2 aromatic carbocycles. The highest BCUT2D eigenvalue weighted by Gasteiger charge is 2.13. The molecule has 5 nitrogen and oxygen atoms in total. The van der Waals surface area contributed by atoms with Gasteiger partial charge in [0.25, 0.3) is 0 Å². The van der Waals surface area contributed by atoms with E-state index >= 15 is 0 Å². The first-order valence-corrected chi connectivity index (χ1v) is 11.0. The van der Waals surface area contributed by atoms with E-state index in [0.717, 1.165) is 35.9 Å². The van der Waals surface area contributed by atoms with Crippen molar-refractivity contribution in [1.82, 2.24) is 10.3 Å². The number of hydrogen-bond donors (Lipinski definition) is 2. The molecule has 30 heavy (non-hydrogen) atoms. The molecule has 0 aliphatic heterocycles. The van der Waals surface area contributed by atoms with E-state index in [-0.39, 0.29) is 11.0 Å². The first-order valence-electron chi connectivity index (χ1n) is 10.2. The van der Waals surface area contributed by atoms with E-state index in [1.807, 2.05) is 25.1 Å². The highest BCUT2D eigenvalue weighted by molar-refractivity contribution is 7.80. The van der Waals surface area contributed by atoms with Crippen LogP contribution in [0.4, 0.5) is 5.69 Å². The van der Waals surface area contributed by atoms with Crippen LogP contribution in [0.25, 0.3) is 22.6 Å². The number of oxazole rings is 1. The summed E-state index contributed by atoms with van der Waals surface area (Å²) in [6, 6.07) is 11.5. The van der Waals surface area contributed by atoms with Crippen LogP contribution < -0.4 is 10.6 Å². The third-order valence-electron chi connectivity index (χ3n) is 5.06. The Morgan fingerprint density at radius 2 is 2.03 bits per heavy atom. The SMILES string of the molecule is CCCCC(=O)NC(=S)Nc1cc(-c2nc3cc([C@@H](C)CC)ccc3o2)ccc1Cl. The third-order valence-corrected chi connectivity index (χ3v) is 5.60. The molecule has 0 bridgehead atoms. The van der Waals surface area contributed by atoms with Gasteiger partial charge in [-0.25, -0.2) is 4.98 Å². The molecular weight excluding hydrogens is 418 g/mol. The van der Waals surface area contributed by atoms with Crippen LogP contribution in [0.1, 0.15) is 57.9 Å². The fourth-order valence-electron chi connectivity index (χ4n) is 3.04. The van der Waals surface area contributed by atoms with Crippen molar-refractivity contribution in [2.24, 2.45) is 0 Å². The summed E-state index contributed by atoms with van der Waals surface area (Å²) in [5.41, 5.74) is 4.15. The maximum Gasteiger partial charge on any atom is 0.227 e. The minimum atomic E-state index is -0.113. The van der Waals surface area contributed by atoms with Crippen LogP contribution in [0.2, 0.25) is 5.02 Å². The van der Waals surface area contributed by atoms with Gasteiger partial charge < -0.3 is 15.1 Å². The van der Waals surface area contributed by atoms with Gasteiger partial charge in [0.1, 0.15) is 5.52 Å². The monoisotopic (exact) mass is 443 g/mol. The first-order chi connectivity index (χ1) is 14.4. The Morgan fingerprint density at radius 3 is 2.77 bits per heavy atom. The lowest BCUT2D eigenvalue weighted by molar-refractivity contribution is -0.119. The lowest BCUT2D eigenvalue weighted by atomic mass is 9.98. The van der Waals surface area contributed by atoms with Gasteiger partial charge in [-0.05, 0) is 66.9 Å². The van der Waals surface area contributed by atoms with Crippen LogP contribution in [0.5, 0.6) is 0 Å². The Kier molecular flexibility index (Phi) is 7.45. The Hall–Kier alpha value is -2.44. The normalized spacial score (nSPS) is 12.0.